The van der Waals surface area contributed by atoms with Crippen LogP contribution < -0.4 is 4.90 Å². The van der Waals surface area contributed by atoms with Crippen LogP contribution in [-0.4, -0.2) is 64.6 Å². The van der Waals surface area contributed by atoms with Gasteiger partial charge in [-0.1, -0.05) is 18.2 Å². The molecule has 3 saturated heterocycles. The Morgan fingerprint density at radius 3 is 2.81 bits per heavy atom. The molecule has 1 spiro atoms. The topological polar surface area (TPSA) is 83.7 Å². The molecular weight excluding hydrogens is 486 g/mol. The molecular formula is C29H32ClN5O2. The first-order valence-electron chi connectivity index (χ1n) is 13.1. The summed E-state index contributed by atoms with van der Waals surface area (Å²) in [6.45, 7) is 12.0. The Kier molecular flexibility index (Phi) is 5.74. The van der Waals surface area contributed by atoms with E-state index in [2.05, 4.69) is 36.3 Å². The number of hydrogen-bond donors (Lipinski definition) is 1. The third-order valence-electron chi connectivity index (χ3n) is 8.86. The lowest BCUT2D eigenvalue weighted by atomic mass is 9.73. The highest BCUT2D eigenvalue weighted by atomic mass is 35.5. The van der Waals surface area contributed by atoms with Crippen LogP contribution in [0.4, 0.5) is 5.82 Å². The van der Waals surface area contributed by atoms with Crippen molar-refractivity contribution in [2.24, 2.45) is 5.41 Å². The monoisotopic (exact) mass is 517 g/mol. The van der Waals surface area contributed by atoms with E-state index >= 15 is 0 Å². The van der Waals surface area contributed by atoms with Crippen molar-refractivity contribution < 1.29 is 9.90 Å². The van der Waals surface area contributed by atoms with E-state index in [0.717, 1.165) is 55.7 Å². The van der Waals surface area contributed by atoms with E-state index in [1.54, 1.807) is 18.2 Å². The predicted octanol–water partition coefficient (Wildman–Crippen LogP) is 4.85. The molecule has 1 amide bonds. The Morgan fingerprint density at radius 1 is 1.32 bits per heavy atom. The van der Waals surface area contributed by atoms with E-state index in [0.29, 0.717) is 41.1 Å². The summed E-state index contributed by atoms with van der Waals surface area (Å²) in [6, 6.07) is 8.05. The molecule has 192 valence electrons. The number of amides is 1. The number of hydrogen-bond acceptors (Lipinski definition) is 6. The van der Waals surface area contributed by atoms with Crippen LogP contribution >= 0.6 is 11.6 Å². The molecule has 0 radical (unpaired) electrons. The number of phenols is 1. The normalized spacial score (nSPS) is 23.8. The Bertz CT molecular complexity index is 1340. The average Bonchev–Trinajstić information content (AvgIpc) is 3.33. The Morgan fingerprint density at radius 2 is 2.11 bits per heavy atom. The summed E-state index contributed by atoms with van der Waals surface area (Å²) < 4.78 is 0. The number of likely N-dealkylation sites (tertiary alicyclic amines) is 1. The number of rotatable bonds is 4. The molecule has 8 heteroatoms. The number of nitriles is 1. The lowest BCUT2D eigenvalue weighted by Gasteiger charge is -2.49. The van der Waals surface area contributed by atoms with Gasteiger partial charge in [0.05, 0.1) is 11.7 Å². The first kappa shape index (κ1) is 24.3. The number of halogens is 1. The van der Waals surface area contributed by atoms with Gasteiger partial charge in [-0.25, -0.2) is 4.98 Å². The lowest BCUT2D eigenvalue weighted by molar-refractivity contribution is -0.136. The fraction of sp³-hybridized carbons (Fsp3) is 0.483. The molecule has 5 heterocycles. The number of fused-ring (bicyclic) bond motifs is 2. The minimum atomic E-state index is -0.0284. The smallest absolute Gasteiger partial charge is 0.245 e. The maximum absolute atomic E-state index is 12.1. The van der Waals surface area contributed by atoms with Gasteiger partial charge in [0.25, 0.3) is 0 Å². The van der Waals surface area contributed by atoms with Crippen LogP contribution in [0.2, 0.25) is 5.02 Å². The molecule has 2 atom stereocenters. The van der Waals surface area contributed by atoms with Crippen LogP contribution in [0.5, 0.6) is 5.75 Å². The van der Waals surface area contributed by atoms with Crippen molar-refractivity contribution in [2.45, 2.75) is 51.1 Å². The first-order valence-corrected chi connectivity index (χ1v) is 13.5. The van der Waals surface area contributed by atoms with Crippen molar-refractivity contribution in [3.63, 3.8) is 0 Å². The summed E-state index contributed by atoms with van der Waals surface area (Å²) >= 11 is 6.72. The van der Waals surface area contributed by atoms with Crippen LogP contribution in [0.3, 0.4) is 0 Å². The van der Waals surface area contributed by atoms with Gasteiger partial charge in [-0.05, 0) is 68.9 Å². The fourth-order valence-electron chi connectivity index (χ4n) is 7.11. The van der Waals surface area contributed by atoms with Crippen molar-refractivity contribution >= 4 is 23.3 Å². The summed E-state index contributed by atoms with van der Waals surface area (Å²) in [5, 5.41) is 21.4. The van der Waals surface area contributed by atoms with Crippen LogP contribution in [0.1, 0.15) is 61.9 Å². The lowest BCUT2D eigenvalue weighted by Crippen LogP contribution is -2.59. The molecule has 1 N–H and O–H groups in total. The Labute approximate surface area is 222 Å². The standard InChI is InChI=1S/C29H32ClN5O2/c1-4-24(37)34-15-29(16-34)9-10-33(14-29)28-21(12-31)26(20-11-19(36)6-7-22(20)30)25-18-5-8-23(27(25)32-28)35(13-18)17(2)3/h4,6-7,11,17-18,23,36H,1,5,8-10,13-16H2,2-3H3. The maximum Gasteiger partial charge on any atom is 0.245 e. The minimum absolute atomic E-state index is 0.0226. The molecule has 0 saturated carbocycles. The fourth-order valence-corrected chi connectivity index (χ4v) is 7.32. The van der Waals surface area contributed by atoms with Crippen molar-refractivity contribution in [1.82, 2.24) is 14.8 Å². The number of carbonyl (C=O) groups excluding carboxylic acids is 1. The van der Waals surface area contributed by atoms with Gasteiger partial charge in [-0.2, -0.15) is 5.26 Å². The molecule has 7 rings (SSSR count). The second kappa shape index (κ2) is 8.75. The van der Waals surface area contributed by atoms with E-state index in [1.807, 2.05) is 4.90 Å². The number of anilines is 1. The Balaban J connectivity index is 1.49. The third kappa shape index (κ3) is 3.72. The summed E-state index contributed by atoms with van der Waals surface area (Å²) in [7, 11) is 0. The highest BCUT2D eigenvalue weighted by Crippen LogP contribution is 2.54. The number of aromatic nitrogens is 1. The number of carbonyl (C=O) groups is 1. The number of pyridine rings is 1. The zero-order valence-corrected chi connectivity index (χ0v) is 22.1. The molecule has 37 heavy (non-hydrogen) atoms. The van der Waals surface area contributed by atoms with Crippen LogP contribution in [-0.2, 0) is 4.79 Å². The van der Waals surface area contributed by atoms with E-state index in [1.165, 1.54) is 6.08 Å². The second-order valence-corrected chi connectivity index (χ2v) is 11.8. The quantitative estimate of drug-likeness (QED) is 0.584. The van der Waals surface area contributed by atoms with Crippen LogP contribution in [0.25, 0.3) is 11.1 Å². The van der Waals surface area contributed by atoms with Gasteiger partial charge in [-0.15, -0.1) is 0 Å². The van der Waals surface area contributed by atoms with Crippen molar-refractivity contribution in [3.8, 4) is 22.9 Å². The van der Waals surface area contributed by atoms with Gasteiger partial charge in [0, 0.05) is 60.3 Å². The van der Waals surface area contributed by atoms with Crippen molar-refractivity contribution in [1.29, 1.82) is 5.26 Å². The molecule has 1 aliphatic carbocycles. The van der Waals surface area contributed by atoms with Crippen molar-refractivity contribution in [3.05, 3.63) is 52.7 Å². The van der Waals surface area contributed by atoms with E-state index in [9.17, 15) is 15.2 Å². The highest BCUT2D eigenvalue weighted by Gasteiger charge is 2.50. The van der Waals surface area contributed by atoms with Gasteiger partial charge < -0.3 is 14.9 Å². The molecule has 2 aromatic rings. The van der Waals surface area contributed by atoms with Gasteiger partial charge in [0.1, 0.15) is 23.2 Å². The van der Waals surface area contributed by atoms with Crippen LogP contribution in [0.15, 0.2) is 30.9 Å². The van der Waals surface area contributed by atoms with Gasteiger partial charge in [0.2, 0.25) is 5.91 Å². The molecule has 1 aromatic heterocycles. The summed E-state index contributed by atoms with van der Waals surface area (Å²) in [4.78, 5) is 23.9. The zero-order valence-electron chi connectivity index (χ0n) is 21.4. The number of piperidine rings is 1. The molecule has 7 nitrogen and oxygen atoms in total. The number of aromatic hydroxyl groups is 1. The van der Waals surface area contributed by atoms with Gasteiger partial charge in [0.15, 0.2) is 0 Å². The van der Waals surface area contributed by atoms with Crippen molar-refractivity contribution in [2.75, 3.05) is 37.6 Å². The third-order valence-corrected chi connectivity index (χ3v) is 9.19. The molecule has 5 aliphatic rings. The number of phenolic OH excluding ortho intramolecular Hbond substituents is 1. The molecule has 2 unspecified atom stereocenters. The predicted molar refractivity (Wildman–Crippen MR) is 144 cm³/mol. The second-order valence-electron chi connectivity index (χ2n) is 11.4. The molecule has 1 aromatic carbocycles. The maximum atomic E-state index is 12.1. The number of benzene rings is 1. The molecule has 4 aliphatic heterocycles. The molecule has 3 fully saturated rings. The largest absolute Gasteiger partial charge is 0.508 e. The first-order chi connectivity index (χ1) is 17.7. The van der Waals surface area contributed by atoms with Crippen LogP contribution in [0, 0.1) is 16.7 Å². The van der Waals surface area contributed by atoms with E-state index < -0.39 is 0 Å². The summed E-state index contributed by atoms with van der Waals surface area (Å²) in [5.41, 5.74) is 4.26. The highest BCUT2D eigenvalue weighted by molar-refractivity contribution is 6.33. The van der Waals surface area contributed by atoms with E-state index in [-0.39, 0.29) is 29.0 Å². The minimum Gasteiger partial charge on any atom is -0.508 e. The Hall–Kier alpha value is -3.08. The average molecular weight is 518 g/mol. The SMILES string of the molecule is C=CC(=O)N1CC2(CCN(c3nc4c(c(-c5cc(O)ccc5Cl)c3C#N)C3CCC4N(C(C)C)C3)C2)C1. The van der Waals surface area contributed by atoms with Gasteiger partial charge in [-0.3, -0.25) is 9.69 Å². The van der Waals surface area contributed by atoms with E-state index in [4.69, 9.17) is 16.6 Å². The number of nitrogens with zero attached hydrogens (tertiary/aromatic N) is 5. The summed E-state index contributed by atoms with van der Waals surface area (Å²) in [5.74, 6) is 1.07. The summed E-state index contributed by atoms with van der Waals surface area (Å²) in [6.07, 6.45) is 4.42. The molecule has 2 bridgehead atoms. The zero-order chi connectivity index (χ0) is 26.1. The van der Waals surface area contributed by atoms with Gasteiger partial charge >= 0.3 is 0 Å².